The molecule has 1 fully saturated rings. The van der Waals surface area contributed by atoms with Crippen LogP contribution in [0.2, 0.25) is 0 Å². The Morgan fingerprint density at radius 3 is 2.48 bits per heavy atom. The van der Waals surface area contributed by atoms with Crippen LogP contribution in [0.5, 0.6) is 5.75 Å². The second-order valence-electron chi connectivity index (χ2n) is 15.1. The van der Waals surface area contributed by atoms with Crippen LogP contribution in [-0.2, 0) is 16.8 Å². The Morgan fingerprint density at radius 1 is 1.00 bits per heavy atom. The number of aromatic nitrogens is 5. The van der Waals surface area contributed by atoms with E-state index in [0.717, 1.165) is 91.6 Å². The third-order valence-corrected chi connectivity index (χ3v) is 10.1. The van der Waals surface area contributed by atoms with Crippen molar-refractivity contribution in [1.82, 2.24) is 35.0 Å². The minimum absolute atomic E-state index is 0.149. The highest BCUT2D eigenvalue weighted by Crippen LogP contribution is 2.39. The van der Waals surface area contributed by atoms with E-state index in [1.54, 1.807) is 0 Å². The Hall–Kier alpha value is -5.43. The van der Waals surface area contributed by atoms with Crippen LogP contribution in [0.15, 0.2) is 72.9 Å². The topological polar surface area (TPSA) is 151 Å². The van der Waals surface area contributed by atoms with E-state index in [-0.39, 0.29) is 30.1 Å². The summed E-state index contributed by atoms with van der Waals surface area (Å²) in [5.41, 5.74) is 5.76. The minimum atomic E-state index is -0.270. The standard InChI is InChI=1S/C40H51N9O2.CH2O2/c1-6-22-41-25-28-14-16-29(17-15-28)49-37(24-35(46-49)40(3,4)5)43-38(50)42-33-19-20-34(32-13-8-7-12-31(32)33)51-30-18-21-36-44-45-39(48(36)26-30)47-23-10-9-11-27(47)2;2-1-3/h7-8,12-18,21,24,26-27,33-34,41H,6,9-11,19-20,22-23,25H2,1-5H3,(H2,42,43,50);1H,(H,2,3)/t27?,33-,34+;/m0./s1. The van der Waals surface area contributed by atoms with Crippen LogP contribution in [0.4, 0.5) is 16.6 Å². The van der Waals surface area contributed by atoms with Crippen LogP contribution < -0.4 is 25.6 Å². The van der Waals surface area contributed by atoms with Gasteiger partial charge < -0.3 is 25.4 Å². The highest BCUT2D eigenvalue weighted by atomic mass is 16.5. The largest absolute Gasteiger partial charge is 0.484 e. The molecule has 1 saturated heterocycles. The van der Waals surface area contributed by atoms with E-state index >= 15 is 0 Å². The first-order valence-electron chi connectivity index (χ1n) is 19.0. The number of benzene rings is 2. The molecule has 1 aliphatic carbocycles. The molecule has 286 valence electrons. The number of anilines is 2. The summed E-state index contributed by atoms with van der Waals surface area (Å²) in [4.78, 5) is 24.4. The summed E-state index contributed by atoms with van der Waals surface area (Å²) >= 11 is 0. The lowest BCUT2D eigenvalue weighted by molar-refractivity contribution is -0.122. The molecule has 4 N–H and O–H groups in total. The van der Waals surface area contributed by atoms with Gasteiger partial charge in [0.15, 0.2) is 5.65 Å². The Morgan fingerprint density at radius 2 is 1.76 bits per heavy atom. The van der Waals surface area contributed by atoms with E-state index in [0.29, 0.717) is 11.9 Å². The van der Waals surface area contributed by atoms with E-state index in [2.05, 4.69) is 106 Å². The van der Waals surface area contributed by atoms with Gasteiger partial charge in [0, 0.05) is 30.6 Å². The van der Waals surface area contributed by atoms with Crippen molar-refractivity contribution in [3.05, 3.63) is 95.3 Å². The van der Waals surface area contributed by atoms with Gasteiger partial charge in [0.1, 0.15) is 17.7 Å². The number of hydrogen-bond acceptors (Lipinski definition) is 8. The smallest absolute Gasteiger partial charge is 0.320 e. The molecule has 0 bridgehead atoms. The van der Waals surface area contributed by atoms with Gasteiger partial charge in [-0.05, 0) is 92.9 Å². The predicted octanol–water partition coefficient (Wildman–Crippen LogP) is 7.57. The van der Waals surface area contributed by atoms with Gasteiger partial charge in [0.05, 0.1) is 23.6 Å². The Labute approximate surface area is 317 Å². The number of carbonyl (C=O) groups excluding carboxylic acids is 1. The summed E-state index contributed by atoms with van der Waals surface area (Å²) in [6.07, 6.45) is 8.01. The Kier molecular flexibility index (Phi) is 12.2. The second-order valence-corrected chi connectivity index (χ2v) is 15.1. The first kappa shape index (κ1) is 38.3. The quantitative estimate of drug-likeness (QED) is 0.0841. The predicted molar refractivity (Wildman–Crippen MR) is 211 cm³/mol. The molecule has 2 aromatic carbocycles. The second kappa shape index (κ2) is 17.1. The average Bonchev–Trinajstić information content (AvgIpc) is 3.78. The molecule has 5 aromatic rings. The maximum absolute atomic E-state index is 13.7. The van der Waals surface area contributed by atoms with Gasteiger partial charge in [-0.15, -0.1) is 10.2 Å². The maximum atomic E-state index is 13.7. The lowest BCUT2D eigenvalue weighted by atomic mass is 9.85. The van der Waals surface area contributed by atoms with Gasteiger partial charge in [-0.25, -0.2) is 9.48 Å². The zero-order valence-corrected chi connectivity index (χ0v) is 32.0. The third-order valence-electron chi connectivity index (χ3n) is 10.1. The van der Waals surface area contributed by atoms with E-state index in [9.17, 15) is 4.79 Å². The number of nitrogens with zero attached hydrogens (tertiary/aromatic N) is 6. The van der Waals surface area contributed by atoms with Crippen LogP contribution in [0, 0.1) is 0 Å². The van der Waals surface area contributed by atoms with Crippen molar-refractivity contribution >= 4 is 29.9 Å². The molecule has 0 radical (unpaired) electrons. The lowest BCUT2D eigenvalue weighted by Crippen LogP contribution is -2.38. The molecule has 0 saturated carbocycles. The first-order chi connectivity index (χ1) is 26.1. The summed E-state index contributed by atoms with van der Waals surface area (Å²) in [6, 6.07) is 22.5. The average molecular weight is 736 g/mol. The van der Waals surface area contributed by atoms with Crippen LogP contribution in [0.25, 0.3) is 11.3 Å². The molecule has 3 aromatic heterocycles. The normalized spacial score (nSPS) is 18.3. The summed E-state index contributed by atoms with van der Waals surface area (Å²) in [7, 11) is 0. The third kappa shape index (κ3) is 8.84. The number of urea groups is 1. The number of hydrogen-bond donors (Lipinski definition) is 4. The van der Waals surface area contributed by atoms with Gasteiger partial charge in [0.2, 0.25) is 5.95 Å². The minimum Gasteiger partial charge on any atom is -0.484 e. The van der Waals surface area contributed by atoms with Gasteiger partial charge in [-0.2, -0.15) is 5.10 Å². The molecular formula is C41H53N9O4. The first-order valence-corrected chi connectivity index (χ1v) is 19.0. The zero-order valence-electron chi connectivity index (χ0n) is 32.0. The number of nitrogens with one attached hydrogen (secondary N) is 3. The molecule has 54 heavy (non-hydrogen) atoms. The molecule has 4 heterocycles. The molecule has 3 atom stereocenters. The fraction of sp³-hybridized carbons (Fsp3) is 0.439. The molecule has 0 spiro atoms. The van der Waals surface area contributed by atoms with Gasteiger partial charge in [-0.1, -0.05) is 64.1 Å². The van der Waals surface area contributed by atoms with Crippen molar-refractivity contribution in [2.24, 2.45) is 0 Å². The van der Waals surface area contributed by atoms with Crippen molar-refractivity contribution in [2.45, 2.75) is 103 Å². The van der Waals surface area contributed by atoms with Crippen LogP contribution in [-0.4, -0.2) is 61.1 Å². The van der Waals surface area contributed by atoms with E-state index in [4.69, 9.17) is 19.7 Å². The molecule has 13 nitrogen and oxygen atoms in total. The highest BCUT2D eigenvalue weighted by Gasteiger charge is 2.31. The summed E-state index contributed by atoms with van der Waals surface area (Å²) in [6.45, 7) is 13.3. The Balaban J connectivity index is 0.00000160. The van der Waals surface area contributed by atoms with E-state index in [1.807, 2.05) is 41.2 Å². The van der Waals surface area contributed by atoms with Crippen LogP contribution in [0.1, 0.15) is 108 Å². The maximum Gasteiger partial charge on any atom is 0.320 e. The van der Waals surface area contributed by atoms with E-state index in [1.165, 1.54) is 12.0 Å². The SMILES string of the molecule is CCCNCc1ccc(-n2nc(C(C)(C)C)cc2NC(=O)N[C@H]2CC[C@@H](Oc3ccc4nnc(N5CCCCC5C)n4c3)c3ccccc32)cc1.O=CO. The molecule has 1 aliphatic heterocycles. The highest BCUT2D eigenvalue weighted by molar-refractivity contribution is 5.89. The van der Waals surface area contributed by atoms with Crippen molar-refractivity contribution in [3.63, 3.8) is 0 Å². The van der Waals surface area contributed by atoms with Gasteiger partial charge >= 0.3 is 6.03 Å². The van der Waals surface area contributed by atoms with Crippen molar-refractivity contribution in [1.29, 1.82) is 0 Å². The number of fused-ring (bicyclic) bond motifs is 2. The molecule has 13 heteroatoms. The lowest BCUT2D eigenvalue weighted by Gasteiger charge is -2.33. The number of rotatable bonds is 10. The molecular weight excluding hydrogens is 683 g/mol. The number of ether oxygens (including phenoxy) is 1. The van der Waals surface area contributed by atoms with Gasteiger partial charge in [-0.3, -0.25) is 14.5 Å². The summed E-state index contributed by atoms with van der Waals surface area (Å²) in [5.74, 6) is 2.27. The molecule has 2 amide bonds. The van der Waals surface area contributed by atoms with Crippen molar-refractivity contribution in [3.8, 4) is 11.4 Å². The van der Waals surface area contributed by atoms with Crippen LogP contribution >= 0.6 is 0 Å². The number of pyridine rings is 1. The fourth-order valence-electron chi connectivity index (χ4n) is 7.22. The van der Waals surface area contributed by atoms with Crippen molar-refractivity contribution in [2.75, 3.05) is 23.3 Å². The Bertz CT molecular complexity index is 2020. The summed E-state index contributed by atoms with van der Waals surface area (Å²) in [5, 5.41) is 30.6. The molecule has 1 unspecified atom stereocenters. The van der Waals surface area contributed by atoms with Crippen molar-refractivity contribution < 1.29 is 19.4 Å². The number of carboxylic acid groups (broad SMARTS) is 1. The van der Waals surface area contributed by atoms with Gasteiger partial charge in [0.25, 0.3) is 6.47 Å². The fourth-order valence-corrected chi connectivity index (χ4v) is 7.22. The number of piperidine rings is 1. The zero-order chi connectivity index (χ0) is 38.2. The monoisotopic (exact) mass is 735 g/mol. The number of carbonyl (C=O) groups is 2. The van der Waals surface area contributed by atoms with Crippen LogP contribution in [0.3, 0.4) is 0 Å². The molecule has 2 aliphatic rings. The number of amides is 2. The summed E-state index contributed by atoms with van der Waals surface area (Å²) < 4.78 is 10.6. The molecule has 7 rings (SSSR count). The van der Waals surface area contributed by atoms with E-state index < -0.39 is 0 Å².